The van der Waals surface area contributed by atoms with Gasteiger partial charge in [0.2, 0.25) is 0 Å². The van der Waals surface area contributed by atoms with E-state index in [9.17, 15) is 0 Å². The molecular weight excluding hydrogens is 390 g/mol. The average Bonchev–Trinajstić information content (AvgIpc) is 2.78. The number of nitrogens with one attached hydrogen (secondary N) is 6. The number of hydrogen-bond donors (Lipinski definition) is 6. The van der Waals surface area contributed by atoms with Gasteiger partial charge in [0.1, 0.15) is 23.9 Å². The summed E-state index contributed by atoms with van der Waals surface area (Å²) in [4.78, 5) is 2.50. The average molecular weight is 428 g/mol. The van der Waals surface area contributed by atoms with Crippen LogP contribution in [0.1, 0.15) is 26.7 Å². The number of piperidine rings is 1. The Balaban J connectivity index is 1.26. The topological polar surface area (TPSA) is 84.7 Å². The zero-order chi connectivity index (χ0) is 21.2. The lowest BCUT2D eigenvalue weighted by Crippen LogP contribution is -2.67. The highest BCUT2D eigenvalue weighted by atomic mass is 16.5. The molecule has 0 aromatic rings. The molecule has 5 aliphatic heterocycles. The molecule has 5 heterocycles. The molecule has 0 aromatic carbocycles. The van der Waals surface area contributed by atoms with Crippen molar-refractivity contribution in [1.82, 2.24) is 36.8 Å². The van der Waals surface area contributed by atoms with Crippen LogP contribution in [0.25, 0.3) is 0 Å². The van der Waals surface area contributed by atoms with Gasteiger partial charge in [-0.05, 0) is 37.6 Å². The predicted molar refractivity (Wildman–Crippen MR) is 122 cm³/mol. The highest BCUT2D eigenvalue weighted by Crippen LogP contribution is 2.29. The molecular formula is C23H37N7O. The Morgan fingerprint density at radius 1 is 1.19 bits per heavy atom. The van der Waals surface area contributed by atoms with E-state index in [0.29, 0.717) is 24.0 Å². The molecule has 8 heteroatoms. The van der Waals surface area contributed by atoms with Gasteiger partial charge in [-0.2, -0.15) is 0 Å². The number of fused-ring (bicyclic) bond motifs is 1. The van der Waals surface area contributed by atoms with E-state index in [-0.39, 0.29) is 12.3 Å². The summed E-state index contributed by atoms with van der Waals surface area (Å²) < 4.78 is 6.18. The van der Waals surface area contributed by atoms with Crippen LogP contribution < -0.4 is 31.9 Å². The molecule has 5 rings (SSSR count). The van der Waals surface area contributed by atoms with Gasteiger partial charge in [-0.3, -0.25) is 10.6 Å². The Kier molecular flexibility index (Phi) is 6.11. The number of ether oxygens (including phenoxy) is 1. The lowest BCUT2D eigenvalue weighted by molar-refractivity contribution is 0.136. The third-order valence-corrected chi connectivity index (χ3v) is 7.08. The largest absolute Gasteiger partial charge is 0.493 e. The Hall–Kier alpha value is -2.16. The summed E-state index contributed by atoms with van der Waals surface area (Å²) in [5.41, 5.74) is 1.42. The lowest BCUT2D eigenvalue weighted by atomic mass is 9.90. The van der Waals surface area contributed by atoms with E-state index in [0.717, 1.165) is 51.4 Å². The predicted octanol–water partition coefficient (Wildman–Crippen LogP) is 0.228. The number of rotatable bonds is 6. The minimum atomic E-state index is 0.179. The molecule has 0 spiro atoms. The number of dihydropyridines is 1. The molecule has 0 aromatic heterocycles. The molecule has 6 N–H and O–H groups in total. The Morgan fingerprint density at radius 3 is 2.84 bits per heavy atom. The summed E-state index contributed by atoms with van der Waals surface area (Å²) in [5, 5.41) is 21.3. The minimum Gasteiger partial charge on any atom is -0.493 e. The summed E-state index contributed by atoms with van der Waals surface area (Å²) >= 11 is 0. The first-order chi connectivity index (χ1) is 15.2. The normalized spacial score (nSPS) is 35.4. The van der Waals surface area contributed by atoms with E-state index >= 15 is 0 Å². The molecule has 170 valence electrons. The van der Waals surface area contributed by atoms with Crippen molar-refractivity contribution in [3.63, 3.8) is 0 Å². The number of likely N-dealkylation sites (tertiary alicyclic amines) is 1. The van der Waals surface area contributed by atoms with Crippen LogP contribution in [0.4, 0.5) is 0 Å². The smallest absolute Gasteiger partial charge is 0.120 e. The second-order valence-electron chi connectivity index (χ2n) is 9.21. The van der Waals surface area contributed by atoms with Gasteiger partial charge in [-0.15, -0.1) is 0 Å². The second-order valence-corrected chi connectivity index (χ2v) is 9.21. The monoisotopic (exact) mass is 427 g/mol. The number of nitrogens with zero attached hydrogens (tertiary/aromatic N) is 1. The van der Waals surface area contributed by atoms with E-state index < -0.39 is 0 Å². The van der Waals surface area contributed by atoms with Crippen molar-refractivity contribution in [2.24, 2.45) is 5.92 Å². The van der Waals surface area contributed by atoms with Crippen LogP contribution in [0.2, 0.25) is 0 Å². The molecule has 0 radical (unpaired) electrons. The molecule has 31 heavy (non-hydrogen) atoms. The molecule has 5 aliphatic rings. The van der Waals surface area contributed by atoms with Crippen molar-refractivity contribution >= 4 is 0 Å². The fourth-order valence-electron chi connectivity index (χ4n) is 4.98. The van der Waals surface area contributed by atoms with Crippen LogP contribution in [0, 0.1) is 5.92 Å². The SMILES string of the molecule is CCC1C=C(OCC2CNC2)C=C(N2CCC3NC(C4NC=CCN4)NC=C3C2C)N1. The Morgan fingerprint density at radius 2 is 2.10 bits per heavy atom. The summed E-state index contributed by atoms with van der Waals surface area (Å²) in [5.74, 6) is 2.84. The quantitative estimate of drug-likeness (QED) is 0.359. The van der Waals surface area contributed by atoms with Crippen molar-refractivity contribution in [2.45, 2.75) is 57.1 Å². The number of hydrogen-bond acceptors (Lipinski definition) is 8. The first-order valence-electron chi connectivity index (χ1n) is 11.9. The number of allylic oxidation sites excluding steroid dienone is 1. The van der Waals surface area contributed by atoms with E-state index in [1.807, 2.05) is 6.20 Å². The highest BCUT2D eigenvalue weighted by molar-refractivity contribution is 5.30. The van der Waals surface area contributed by atoms with Crippen molar-refractivity contribution in [2.75, 3.05) is 32.8 Å². The van der Waals surface area contributed by atoms with Crippen LogP contribution in [0.3, 0.4) is 0 Å². The summed E-state index contributed by atoms with van der Waals surface area (Å²) in [6, 6.07) is 1.03. The molecule has 0 amide bonds. The second kappa shape index (κ2) is 9.14. The molecule has 2 saturated heterocycles. The summed E-state index contributed by atoms with van der Waals surface area (Å²) in [7, 11) is 0. The minimum absolute atomic E-state index is 0.179. The van der Waals surface area contributed by atoms with Crippen LogP contribution in [-0.4, -0.2) is 68.1 Å². The molecule has 8 nitrogen and oxygen atoms in total. The molecule has 2 fully saturated rings. The zero-order valence-corrected chi connectivity index (χ0v) is 18.7. The molecule has 0 bridgehead atoms. The zero-order valence-electron chi connectivity index (χ0n) is 18.7. The van der Waals surface area contributed by atoms with E-state index in [1.165, 1.54) is 11.4 Å². The molecule has 5 atom stereocenters. The third-order valence-electron chi connectivity index (χ3n) is 7.08. The van der Waals surface area contributed by atoms with Gasteiger partial charge < -0.3 is 30.9 Å². The van der Waals surface area contributed by atoms with E-state index in [2.05, 4.69) is 75.1 Å². The van der Waals surface area contributed by atoms with Gasteiger partial charge in [0.25, 0.3) is 0 Å². The lowest BCUT2D eigenvalue weighted by Gasteiger charge is -2.47. The summed E-state index contributed by atoms with van der Waals surface area (Å²) in [6.07, 6.45) is 13.3. The van der Waals surface area contributed by atoms with Crippen LogP contribution in [-0.2, 0) is 4.74 Å². The van der Waals surface area contributed by atoms with Gasteiger partial charge in [0, 0.05) is 56.5 Å². The standard InChI is InChI=1S/C23H37N7O/c1-3-17-9-18(31-14-16-11-24-12-16)10-21(28-17)30-8-5-20-19(15(30)2)13-27-23(29-20)22-25-6-4-7-26-22/h4,6,9-10,13,15-17,20,22-29H,3,5,7-8,11-12,14H2,1-2H3. The Labute approximate surface area is 185 Å². The van der Waals surface area contributed by atoms with Crippen molar-refractivity contribution in [3.8, 4) is 0 Å². The van der Waals surface area contributed by atoms with Gasteiger partial charge in [0.15, 0.2) is 0 Å². The first-order valence-corrected chi connectivity index (χ1v) is 11.9. The fraction of sp³-hybridized carbons (Fsp3) is 0.652. The van der Waals surface area contributed by atoms with Gasteiger partial charge in [-0.25, -0.2) is 0 Å². The maximum absolute atomic E-state index is 6.18. The molecule has 0 aliphatic carbocycles. The maximum Gasteiger partial charge on any atom is 0.120 e. The van der Waals surface area contributed by atoms with Crippen molar-refractivity contribution < 1.29 is 4.74 Å². The molecule has 5 unspecified atom stereocenters. The third kappa shape index (κ3) is 4.42. The van der Waals surface area contributed by atoms with Gasteiger partial charge >= 0.3 is 0 Å². The van der Waals surface area contributed by atoms with Crippen molar-refractivity contribution in [3.05, 3.63) is 47.8 Å². The van der Waals surface area contributed by atoms with Gasteiger partial charge in [-0.1, -0.05) is 13.0 Å². The molecule has 0 saturated carbocycles. The van der Waals surface area contributed by atoms with Crippen LogP contribution in [0.5, 0.6) is 0 Å². The van der Waals surface area contributed by atoms with E-state index in [1.54, 1.807) is 0 Å². The fourth-order valence-corrected chi connectivity index (χ4v) is 4.98. The highest BCUT2D eigenvalue weighted by Gasteiger charge is 2.37. The van der Waals surface area contributed by atoms with Crippen LogP contribution >= 0.6 is 0 Å². The van der Waals surface area contributed by atoms with Crippen molar-refractivity contribution in [1.29, 1.82) is 0 Å². The van der Waals surface area contributed by atoms with Crippen LogP contribution in [0.15, 0.2) is 47.8 Å². The first kappa shape index (κ1) is 20.7. The Bertz CT molecular complexity index is 772. The van der Waals surface area contributed by atoms with Gasteiger partial charge in [0.05, 0.1) is 12.6 Å². The summed E-state index contributed by atoms with van der Waals surface area (Å²) in [6.45, 7) is 9.39. The van der Waals surface area contributed by atoms with E-state index in [4.69, 9.17) is 4.74 Å². The maximum atomic E-state index is 6.18.